The third-order valence-electron chi connectivity index (χ3n) is 4.22. The molecule has 0 aliphatic carbocycles. The minimum atomic E-state index is -0.404. The van der Waals surface area contributed by atoms with Gasteiger partial charge in [0.15, 0.2) is 16.3 Å². The van der Waals surface area contributed by atoms with Gasteiger partial charge in [0.1, 0.15) is 0 Å². The van der Waals surface area contributed by atoms with Gasteiger partial charge in [-0.15, -0.1) is 6.58 Å². The number of hydrogen-bond donors (Lipinski definition) is 0. The SMILES string of the molecule is C=C[C@H](C)Sc1nc2c(c(=O)n(C)c(=O)n2C)n1Cc1ccccc1Cl. The summed E-state index contributed by atoms with van der Waals surface area (Å²) in [6, 6.07) is 7.47. The van der Waals surface area contributed by atoms with Crippen LogP contribution in [0, 0.1) is 0 Å². The van der Waals surface area contributed by atoms with Gasteiger partial charge >= 0.3 is 5.69 Å². The summed E-state index contributed by atoms with van der Waals surface area (Å²) in [5, 5.41) is 1.35. The zero-order chi connectivity index (χ0) is 19.0. The Morgan fingerprint density at radius 3 is 2.62 bits per heavy atom. The van der Waals surface area contributed by atoms with Gasteiger partial charge < -0.3 is 4.57 Å². The van der Waals surface area contributed by atoms with E-state index in [-0.39, 0.29) is 10.8 Å². The van der Waals surface area contributed by atoms with Crippen molar-refractivity contribution < 1.29 is 0 Å². The second kappa shape index (κ2) is 7.17. The maximum Gasteiger partial charge on any atom is 0.332 e. The minimum absolute atomic E-state index is 0.0951. The van der Waals surface area contributed by atoms with E-state index in [1.54, 1.807) is 13.1 Å². The first-order valence-electron chi connectivity index (χ1n) is 8.04. The Morgan fingerprint density at radius 1 is 1.27 bits per heavy atom. The Hall–Kier alpha value is -2.25. The predicted octanol–water partition coefficient (Wildman–Crippen LogP) is 2.80. The average molecular weight is 391 g/mol. The molecule has 2 heterocycles. The minimum Gasteiger partial charge on any atom is -0.309 e. The number of aromatic nitrogens is 4. The van der Waals surface area contributed by atoms with Gasteiger partial charge in [0, 0.05) is 24.4 Å². The van der Waals surface area contributed by atoms with Gasteiger partial charge in [-0.3, -0.25) is 13.9 Å². The third kappa shape index (κ3) is 3.12. The molecule has 8 heteroatoms. The van der Waals surface area contributed by atoms with Crippen LogP contribution in [0.15, 0.2) is 51.7 Å². The molecule has 1 aromatic carbocycles. The van der Waals surface area contributed by atoms with Gasteiger partial charge in [-0.05, 0) is 18.6 Å². The van der Waals surface area contributed by atoms with E-state index in [0.717, 1.165) is 10.1 Å². The number of rotatable bonds is 5. The van der Waals surface area contributed by atoms with Crippen LogP contribution in [0.2, 0.25) is 5.02 Å². The number of thioether (sulfide) groups is 1. The molecule has 26 heavy (non-hydrogen) atoms. The predicted molar refractivity (Wildman–Crippen MR) is 106 cm³/mol. The van der Waals surface area contributed by atoms with Crippen LogP contribution >= 0.6 is 23.4 Å². The fourth-order valence-electron chi connectivity index (χ4n) is 2.67. The molecule has 0 fully saturated rings. The van der Waals surface area contributed by atoms with Gasteiger partial charge in [0.2, 0.25) is 0 Å². The van der Waals surface area contributed by atoms with Crippen LogP contribution in [0.3, 0.4) is 0 Å². The largest absolute Gasteiger partial charge is 0.332 e. The van der Waals surface area contributed by atoms with E-state index in [1.807, 2.05) is 35.8 Å². The molecular formula is C18H19ClN4O2S. The molecule has 0 radical (unpaired) electrons. The molecule has 0 aliphatic heterocycles. The highest BCUT2D eigenvalue weighted by molar-refractivity contribution is 7.99. The van der Waals surface area contributed by atoms with Crippen molar-refractivity contribution >= 4 is 34.5 Å². The van der Waals surface area contributed by atoms with Crippen molar-refractivity contribution in [2.75, 3.05) is 0 Å². The summed E-state index contributed by atoms with van der Waals surface area (Å²) in [4.78, 5) is 29.6. The molecule has 136 valence electrons. The lowest BCUT2D eigenvalue weighted by Crippen LogP contribution is -2.37. The molecule has 0 saturated heterocycles. The highest BCUT2D eigenvalue weighted by Crippen LogP contribution is 2.28. The summed E-state index contributed by atoms with van der Waals surface area (Å²) < 4.78 is 4.31. The topological polar surface area (TPSA) is 61.8 Å². The van der Waals surface area contributed by atoms with E-state index in [1.165, 1.54) is 23.4 Å². The quantitative estimate of drug-likeness (QED) is 0.496. The highest BCUT2D eigenvalue weighted by Gasteiger charge is 2.21. The van der Waals surface area contributed by atoms with Crippen LogP contribution in [0.1, 0.15) is 12.5 Å². The molecule has 0 saturated carbocycles. The lowest BCUT2D eigenvalue weighted by Gasteiger charge is -2.12. The summed E-state index contributed by atoms with van der Waals surface area (Å²) >= 11 is 7.79. The van der Waals surface area contributed by atoms with Crippen LogP contribution in [-0.2, 0) is 20.6 Å². The Balaban J connectivity index is 2.31. The van der Waals surface area contributed by atoms with E-state index >= 15 is 0 Å². The Kier molecular flexibility index (Phi) is 5.11. The van der Waals surface area contributed by atoms with Crippen molar-refractivity contribution in [2.45, 2.75) is 23.9 Å². The summed E-state index contributed by atoms with van der Waals surface area (Å²) in [6.07, 6.45) is 1.81. The summed E-state index contributed by atoms with van der Waals surface area (Å²) in [6.45, 7) is 6.18. The fraction of sp³-hybridized carbons (Fsp3) is 0.278. The second-order valence-corrected chi connectivity index (χ2v) is 7.76. The van der Waals surface area contributed by atoms with E-state index in [2.05, 4.69) is 11.6 Å². The van der Waals surface area contributed by atoms with Gasteiger partial charge in [0.25, 0.3) is 5.56 Å². The molecule has 0 bridgehead atoms. The lowest BCUT2D eigenvalue weighted by atomic mass is 10.2. The number of aryl methyl sites for hydroxylation is 1. The normalized spacial score (nSPS) is 12.5. The van der Waals surface area contributed by atoms with Crippen molar-refractivity contribution in [2.24, 2.45) is 14.1 Å². The van der Waals surface area contributed by atoms with Crippen LogP contribution in [0.5, 0.6) is 0 Å². The molecule has 3 aromatic rings. The Labute approximate surface area is 159 Å². The van der Waals surface area contributed by atoms with Crippen LogP contribution < -0.4 is 11.2 Å². The molecular weight excluding hydrogens is 372 g/mol. The molecule has 6 nitrogen and oxygen atoms in total. The average Bonchev–Trinajstić information content (AvgIpc) is 2.98. The van der Waals surface area contributed by atoms with Crippen molar-refractivity contribution in [1.29, 1.82) is 0 Å². The lowest BCUT2D eigenvalue weighted by molar-refractivity contribution is 0.696. The Morgan fingerprint density at radius 2 is 1.96 bits per heavy atom. The van der Waals surface area contributed by atoms with Gasteiger partial charge in [0.05, 0.1) is 6.54 Å². The first-order chi connectivity index (χ1) is 12.3. The number of halogens is 1. The molecule has 0 N–H and O–H groups in total. The smallest absolute Gasteiger partial charge is 0.309 e. The van der Waals surface area contributed by atoms with Crippen molar-refractivity contribution in [1.82, 2.24) is 18.7 Å². The maximum absolute atomic E-state index is 12.8. The molecule has 0 unspecified atom stereocenters. The fourth-order valence-corrected chi connectivity index (χ4v) is 3.72. The van der Waals surface area contributed by atoms with Gasteiger partial charge in [-0.1, -0.05) is 47.6 Å². The maximum atomic E-state index is 12.8. The Bertz CT molecular complexity index is 1110. The summed E-state index contributed by atoms with van der Waals surface area (Å²) in [7, 11) is 3.08. The molecule has 3 rings (SSSR count). The van der Waals surface area contributed by atoms with Gasteiger partial charge in [-0.2, -0.15) is 0 Å². The number of hydrogen-bond acceptors (Lipinski definition) is 4. The second-order valence-electron chi connectivity index (χ2n) is 6.01. The molecule has 2 aromatic heterocycles. The van der Waals surface area contributed by atoms with Crippen LogP contribution in [0.25, 0.3) is 11.2 Å². The molecule has 1 atom stereocenters. The van der Waals surface area contributed by atoms with E-state index in [0.29, 0.717) is 27.9 Å². The first kappa shape index (κ1) is 18.5. The van der Waals surface area contributed by atoms with Gasteiger partial charge in [-0.25, -0.2) is 9.78 Å². The van der Waals surface area contributed by atoms with Crippen LogP contribution in [-0.4, -0.2) is 23.9 Å². The number of nitrogens with zero attached hydrogens (tertiary/aromatic N) is 4. The van der Waals surface area contributed by atoms with E-state index in [4.69, 9.17) is 11.6 Å². The molecule has 0 aliphatic rings. The zero-order valence-corrected chi connectivity index (χ0v) is 16.3. The number of benzene rings is 1. The number of fused-ring (bicyclic) bond motifs is 1. The molecule has 0 spiro atoms. The summed E-state index contributed by atoms with van der Waals surface area (Å²) in [5.41, 5.74) is 0.841. The third-order valence-corrected chi connectivity index (χ3v) is 5.68. The van der Waals surface area contributed by atoms with Crippen molar-refractivity contribution in [3.05, 3.63) is 68.3 Å². The monoisotopic (exact) mass is 390 g/mol. The molecule has 0 amide bonds. The van der Waals surface area contributed by atoms with Crippen LogP contribution in [0.4, 0.5) is 0 Å². The summed E-state index contributed by atoms with van der Waals surface area (Å²) in [5.74, 6) is 0. The van der Waals surface area contributed by atoms with Crippen molar-refractivity contribution in [3.8, 4) is 0 Å². The first-order valence-corrected chi connectivity index (χ1v) is 9.29. The highest BCUT2D eigenvalue weighted by atomic mass is 35.5. The van der Waals surface area contributed by atoms with Crippen molar-refractivity contribution in [3.63, 3.8) is 0 Å². The zero-order valence-electron chi connectivity index (χ0n) is 14.8. The van der Waals surface area contributed by atoms with E-state index in [9.17, 15) is 9.59 Å². The number of imidazole rings is 1. The standard InChI is InChI=1S/C18H19ClN4O2S/c1-5-11(2)26-17-20-15-14(16(24)22(4)18(25)21(15)3)23(17)10-12-8-6-7-9-13(12)19/h5-9,11H,1,10H2,2-4H3/t11-/m0/s1. The van der Waals surface area contributed by atoms with E-state index < -0.39 is 5.69 Å².